The number of nitrogens with one attached hydrogen (secondary N) is 1. The van der Waals surface area contributed by atoms with E-state index in [-0.39, 0.29) is 11.8 Å². The van der Waals surface area contributed by atoms with Gasteiger partial charge < -0.3 is 4.90 Å². The van der Waals surface area contributed by atoms with E-state index in [1.54, 1.807) is 40.9 Å². The Morgan fingerprint density at radius 1 is 1.04 bits per heavy atom. The summed E-state index contributed by atoms with van der Waals surface area (Å²) in [5.74, 6) is 0.841. The van der Waals surface area contributed by atoms with Gasteiger partial charge >= 0.3 is 0 Å². The van der Waals surface area contributed by atoms with Crippen LogP contribution in [0, 0.1) is 0 Å². The molecule has 134 valence electrons. The highest BCUT2D eigenvalue weighted by Crippen LogP contribution is 2.25. The predicted molar refractivity (Wildman–Crippen MR) is 103 cm³/mol. The quantitative estimate of drug-likeness (QED) is 0.879. The number of halogens is 1. The zero-order valence-corrected chi connectivity index (χ0v) is 15.6. The topological polar surface area (TPSA) is 52.7 Å². The van der Waals surface area contributed by atoms with Crippen LogP contribution in [0.4, 0.5) is 0 Å². The van der Waals surface area contributed by atoms with Gasteiger partial charge in [-0.05, 0) is 35.4 Å². The standard InChI is InChI=1S/C19H18ClN3O2S/c20-16-7-5-13(6-8-16)19(25)23-12-26-11-17(23)18(24)21-22-9-14-3-1-2-4-15(14)10-22/h1-8,17H,9-12H2,(H,21,24). The van der Waals surface area contributed by atoms with Gasteiger partial charge in [0.1, 0.15) is 6.04 Å². The van der Waals surface area contributed by atoms with E-state index in [1.807, 2.05) is 17.1 Å². The van der Waals surface area contributed by atoms with E-state index in [2.05, 4.69) is 17.6 Å². The number of fused-ring (bicyclic) bond motifs is 1. The lowest BCUT2D eigenvalue weighted by atomic mass is 10.1. The van der Waals surface area contributed by atoms with Gasteiger partial charge in [-0.3, -0.25) is 15.0 Å². The second-order valence-corrected chi connectivity index (χ2v) is 7.83. The Bertz CT molecular complexity index is 818. The molecular weight excluding hydrogens is 370 g/mol. The van der Waals surface area contributed by atoms with Gasteiger partial charge in [-0.15, -0.1) is 11.8 Å². The van der Waals surface area contributed by atoms with Crippen molar-refractivity contribution in [3.8, 4) is 0 Å². The van der Waals surface area contributed by atoms with Crippen LogP contribution in [0.2, 0.25) is 5.02 Å². The largest absolute Gasteiger partial charge is 0.316 e. The summed E-state index contributed by atoms with van der Waals surface area (Å²) in [4.78, 5) is 27.2. The summed E-state index contributed by atoms with van der Waals surface area (Å²) < 4.78 is 0. The fourth-order valence-corrected chi connectivity index (χ4v) is 4.54. The van der Waals surface area contributed by atoms with E-state index in [9.17, 15) is 9.59 Å². The molecule has 4 rings (SSSR count). The lowest BCUT2D eigenvalue weighted by Crippen LogP contribution is -2.51. The third-order valence-corrected chi connectivity index (χ3v) is 5.91. The summed E-state index contributed by atoms with van der Waals surface area (Å²) in [6.07, 6.45) is 0. The number of thioether (sulfide) groups is 1. The predicted octanol–water partition coefficient (Wildman–Crippen LogP) is 2.90. The summed E-state index contributed by atoms with van der Waals surface area (Å²) >= 11 is 7.48. The maximum Gasteiger partial charge on any atom is 0.257 e. The fraction of sp³-hybridized carbons (Fsp3) is 0.263. The number of nitrogens with zero attached hydrogens (tertiary/aromatic N) is 2. The molecule has 0 radical (unpaired) electrons. The molecular formula is C19H18ClN3O2S. The average molecular weight is 388 g/mol. The third-order valence-electron chi connectivity index (χ3n) is 4.65. The Labute approximate surface area is 161 Å². The van der Waals surface area contributed by atoms with E-state index < -0.39 is 6.04 Å². The Kier molecular flexibility index (Phi) is 4.89. The minimum atomic E-state index is -0.466. The van der Waals surface area contributed by atoms with Gasteiger partial charge in [0.2, 0.25) is 0 Å². The highest BCUT2D eigenvalue weighted by atomic mass is 35.5. The van der Waals surface area contributed by atoms with Crippen LogP contribution in [0.15, 0.2) is 48.5 Å². The van der Waals surface area contributed by atoms with Gasteiger partial charge in [0.25, 0.3) is 11.8 Å². The van der Waals surface area contributed by atoms with Crippen LogP contribution in [-0.4, -0.2) is 39.4 Å². The Hall–Kier alpha value is -2.02. The summed E-state index contributed by atoms with van der Waals surface area (Å²) in [5, 5.41) is 2.49. The number of hydrazine groups is 1. The molecule has 2 amide bonds. The minimum Gasteiger partial charge on any atom is -0.316 e. The van der Waals surface area contributed by atoms with E-state index in [1.165, 1.54) is 11.1 Å². The summed E-state index contributed by atoms with van der Waals surface area (Å²) in [6, 6.07) is 14.5. The molecule has 0 spiro atoms. The smallest absolute Gasteiger partial charge is 0.257 e. The van der Waals surface area contributed by atoms with Crippen LogP contribution < -0.4 is 5.43 Å². The van der Waals surface area contributed by atoms with Crippen molar-refractivity contribution in [2.24, 2.45) is 0 Å². The molecule has 0 bridgehead atoms. The normalized spacial score (nSPS) is 19.4. The molecule has 2 aliphatic heterocycles. The fourth-order valence-electron chi connectivity index (χ4n) is 3.26. The molecule has 0 saturated carbocycles. The molecule has 5 nitrogen and oxygen atoms in total. The van der Waals surface area contributed by atoms with E-state index in [0.29, 0.717) is 35.3 Å². The molecule has 1 saturated heterocycles. The van der Waals surface area contributed by atoms with Crippen LogP contribution >= 0.6 is 23.4 Å². The highest BCUT2D eigenvalue weighted by Gasteiger charge is 2.36. The van der Waals surface area contributed by atoms with Gasteiger partial charge in [0, 0.05) is 29.4 Å². The van der Waals surface area contributed by atoms with E-state index in [0.717, 1.165) is 0 Å². The zero-order valence-electron chi connectivity index (χ0n) is 14.0. The summed E-state index contributed by atoms with van der Waals surface area (Å²) in [5.41, 5.74) is 5.97. The molecule has 2 aliphatic rings. The van der Waals surface area contributed by atoms with Crippen LogP contribution in [-0.2, 0) is 17.9 Å². The molecule has 2 aromatic carbocycles. The molecule has 26 heavy (non-hydrogen) atoms. The van der Waals surface area contributed by atoms with Gasteiger partial charge in [0.05, 0.1) is 5.88 Å². The van der Waals surface area contributed by atoms with Crippen LogP contribution in [0.1, 0.15) is 21.5 Å². The maximum atomic E-state index is 12.8. The first-order valence-corrected chi connectivity index (χ1v) is 9.91. The average Bonchev–Trinajstić information content (AvgIpc) is 3.28. The molecule has 1 atom stereocenters. The van der Waals surface area contributed by atoms with Crippen molar-refractivity contribution in [2.45, 2.75) is 19.1 Å². The molecule has 2 aromatic rings. The monoisotopic (exact) mass is 387 g/mol. The number of hydrogen-bond donors (Lipinski definition) is 1. The number of amides is 2. The number of carbonyl (C=O) groups excluding carboxylic acids is 2. The second kappa shape index (κ2) is 7.31. The molecule has 1 N–H and O–H groups in total. The van der Waals surface area contributed by atoms with Crippen LogP contribution in [0.3, 0.4) is 0 Å². The minimum absolute atomic E-state index is 0.134. The molecule has 0 aromatic heterocycles. The van der Waals surface area contributed by atoms with Crippen molar-refractivity contribution in [3.05, 3.63) is 70.2 Å². The number of benzene rings is 2. The Balaban J connectivity index is 1.42. The van der Waals surface area contributed by atoms with Crippen molar-refractivity contribution in [1.29, 1.82) is 0 Å². The number of hydrogen-bond acceptors (Lipinski definition) is 4. The number of rotatable bonds is 3. The van der Waals surface area contributed by atoms with Crippen LogP contribution in [0.5, 0.6) is 0 Å². The highest BCUT2D eigenvalue weighted by molar-refractivity contribution is 7.99. The molecule has 1 unspecified atom stereocenters. The van der Waals surface area contributed by atoms with Crippen molar-refractivity contribution >= 4 is 35.2 Å². The van der Waals surface area contributed by atoms with Gasteiger partial charge in [-0.2, -0.15) is 0 Å². The molecule has 2 heterocycles. The second-order valence-electron chi connectivity index (χ2n) is 6.40. The van der Waals surface area contributed by atoms with E-state index in [4.69, 9.17) is 11.6 Å². The van der Waals surface area contributed by atoms with Gasteiger partial charge in [-0.1, -0.05) is 35.9 Å². The van der Waals surface area contributed by atoms with Crippen molar-refractivity contribution in [2.75, 3.05) is 11.6 Å². The van der Waals surface area contributed by atoms with Gasteiger partial charge in [-0.25, -0.2) is 5.01 Å². The zero-order chi connectivity index (χ0) is 18.1. The first kappa shape index (κ1) is 17.4. The molecule has 7 heteroatoms. The van der Waals surface area contributed by atoms with E-state index >= 15 is 0 Å². The first-order chi connectivity index (χ1) is 12.6. The Morgan fingerprint density at radius 3 is 2.35 bits per heavy atom. The van der Waals surface area contributed by atoms with Crippen LogP contribution in [0.25, 0.3) is 0 Å². The summed E-state index contributed by atoms with van der Waals surface area (Å²) in [7, 11) is 0. The molecule has 1 fully saturated rings. The van der Waals surface area contributed by atoms with Crippen molar-refractivity contribution in [1.82, 2.24) is 15.3 Å². The van der Waals surface area contributed by atoms with Crippen molar-refractivity contribution < 1.29 is 9.59 Å². The molecule has 0 aliphatic carbocycles. The van der Waals surface area contributed by atoms with Crippen molar-refractivity contribution in [3.63, 3.8) is 0 Å². The lowest BCUT2D eigenvalue weighted by molar-refractivity contribution is -0.129. The third kappa shape index (κ3) is 3.45. The van der Waals surface area contributed by atoms with Gasteiger partial charge in [0.15, 0.2) is 0 Å². The first-order valence-electron chi connectivity index (χ1n) is 8.38. The maximum absolute atomic E-state index is 12.8. The Morgan fingerprint density at radius 2 is 1.69 bits per heavy atom. The SMILES string of the molecule is O=C(NN1Cc2ccccc2C1)C1CSCN1C(=O)c1ccc(Cl)cc1. The lowest BCUT2D eigenvalue weighted by Gasteiger charge is -2.25. The number of carbonyl (C=O) groups is 2. The summed E-state index contributed by atoms with van der Waals surface area (Å²) in [6.45, 7) is 1.37.